The molecule has 1 rings (SSSR count). The van der Waals surface area contributed by atoms with E-state index >= 15 is 0 Å². The third kappa shape index (κ3) is 8.06. The van der Waals surface area contributed by atoms with Crippen LogP contribution in [0.25, 0.3) is 0 Å². The minimum Gasteiger partial charge on any atom is -0.357 e. The molecule has 5 nitrogen and oxygen atoms in total. The number of amides is 1. The van der Waals surface area contributed by atoms with Crippen molar-refractivity contribution in [3.63, 3.8) is 0 Å². The number of carbonyl (C=O) groups excluding carboxylic acids is 1. The number of carbonyl (C=O) groups is 1. The van der Waals surface area contributed by atoms with Gasteiger partial charge in [0.25, 0.3) is 5.91 Å². The zero-order chi connectivity index (χ0) is 18.0. The van der Waals surface area contributed by atoms with Gasteiger partial charge in [0.15, 0.2) is 5.96 Å². The molecule has 7 heteroatoms. The van der Waals surface area contributed by atoms with Gasteiger partial charge in [-0.3, -0.25) is 9.79 Å². The highest BCUT2D eigenvalue weighted by atomic mass is 79.9. The Bertz CT molecular complexity index is 563. The van der Waals surface area contributed by atoms with Gasteiger partial charge >= 0.3 is 0 Å². The average molecular weight is 415 g/mol. The predicted molar refractivity (Wildman–Crippen MR) is 108 cm³/mol. The summed E-state index contributed by atoms with van der Waals surface area (Å²) in [5.41, 5.74) is 0.645. The Balaban J connectivity index is 2.42. The number of halogens is 1. The zero-order valence-electron chi connectivity index (χ0n) is 14.8. The van der Waals surface area contributed by atoms with Crippen LogP contribution in [0.3, 0.4) is 0 Å². The van der Waals surface area contributed by atoms with Crippen LogP contribution in [-0.2, 0) is 0 Å². The predicted octanol–water partition coefficient (Wildman–Crippen LogP) is 2.88. The van der Waals surface area contributed by atoms with E-state index < -0.39 is 0 Å². The number of benzene rings is 1. The summed E-state index contributed by atoms with van der Waals surface area (Å²) in [5, 5.41) is 9.36. The van der Waals surface area contributed by atoms with Crippen LogP contribution in [0.15, 0.2) is 33.7 Å². The number of thioether (sulfide) groups is 1. The Labute approximate surface area is 157 Å². The molecule has 0 aromatic heterocycles. The molecule has 134 valence electrons. The SMILES string of the molecule is CCNC(=NCC(C)(C)SC)NCCNC(=O)c1cccc(Br)c1. The van der Waals surface area contributed by atoms with E-state index in [2.05, 4.69) is 57.0 Å². The Morgan fingerprint density at radius 2 is 1.96 bits per heavy atom. The molecule has 0 aliphatic rings. The Morgan fingerprint density at radius 1 is 1.25 bits per heavy atom. The molecule has 0 saturated carbocycles. The Morgan fingerprint density at radius 3 is 2.58 bits per heavy atom. The van der Waals surface area contributed by atoms with Crippen molar-refractivity contribution in [2.24, 2.45) is 4.99 Å². The van der Waals surface area contributed by atoms with Crippen molar-refractivity contribution in [2.45, 2.75) is 25.5 Å². The second-order valence-corrected chi connectivity index (χ2v) is 8.28. The number of rotatable bonds is 8. The summed E-state index contributed by atoms with van der Waals surface area (Å²) >= 11 is 5.16. The number of nitrogens with zero attached hydrogens (tertiary/aromatic N) is 1. The molecule has 0 unspecified atom stereocenters. The summed E-state index contributed by atoms with van der Waals surface area (Å²) in [6.07, 6.45) is 2.09. The highest BCUT2D eigenvalue weighted by molar-refractivity contribution is 9.10. The third-order valence-electron chi connectivity index (χ3n) is 3.30. The topological polar surface area (TPSA) is 65.5 Å². The van der Waals surface area contributed by atoms with Crippen LogP contribution in [-0.4, -0.2) is 49.0 Å². The van der Waals surface area contributed by atoms with Crippen LogP contribution in [0.4, 0.5) is 0 Å². The molecule has 0 heterocycles. The van der Waals surface area contributed by atoms with Crippen LogP contribution < -0.4 is 16.0 Å². The van der Waals surface area contributed by atoms with Gasteiger partial charge in [-0.2, -0.15) is 11.8 Å². The summed E-state index contributed by atoms with van der Waals surface area (Å²) in [6.45, 7) is 9.05. The van der Waals surface area contributed by atoms with Gasteiger partial charge in [-0.25, -0.2) is 0 Å². The quantitative estimate of drug-likeness (QED) is 0.347. The van der Waals surface area contributed by atoms with Crippen molar-refractivity contribution in [1.29, 1.82) is 0 Å². The molecule has 0 aliphatic heterocycles. The lowest BCUT2D eigenvalue weighted by molar-refractivity contribution is 0.0954. The fourth-order valence-electron chi connectivity index (χ4n) is 1.76. The molecular formula is C17H27BrN4OS. The molecule has 0 aliphatic carbocycles. The summed E-state index contributed by atoms with van der Waals surface area (Å²) in [5.74, 6) is 0.694. The van der Waals surface area contributed by atoms with Crippen molar-refractivity contribution in [3.8, 4) is 0 Å². The van der Waals surface area contributed by atoms with Crippen LogP contribution in [0.1, 0.15) is 31.1 Å². The zero-order valence-corrected chi connectivity index (χ0v) is 17.2. The first-order valence-electron chi connectivity index (χ1n) is 7.99. The molecule has 0 radical (unpaired) electrons. The molecular weight excluding hydrogens is 388 g/mol. The minimum atomic E-state index is -0.0800. The van der Waals surface area contributed by atoms with Crippen LogP contribution in [0.5, 0.6) is 0 Å². The van der Waals surface area contributed by atoms with Gasteiger partial charge in [-0.05, 0) is 45.2 Å². The van der Waals surface area contributed by atoms with Crippen LogP contribution >= 0.6 is 27.7 Å². The van der Waals surface area contributed by atoms with Crippen molar-refractivity contribution in [3.05, 3.63) is 34.3 Å². The maximum absolute atomic E-state index is 12.1. The molecule has 0 saturated heterocycles. The van der Waals surface area contributed by atoms with E-state index in [1.165, 1.54) is 0 Å². The number of hydrogen-bond donors (Lipinski definition) is 3. The summed E-state index contributed by atoms with van der Waals surface area (Å²) in [4.78, 5) is 16.7. The van der Waals surface area contributed by atoms with Crippen molar-refractivity contribution in [2.75, 3.05) is 32.4 Å². The van der Waals surface area contributed by atoms with E-state index in [0.29, 0.717) is 18.7 Å². The molecule has 0 spiro atoms. The molecule has 24 heavy (non-hydrogen) atoms. The first-order valence-corrected chi connectivity index (χ1v) is 10.0. The number of aliphatic imine (C=N–C) groups is 1. The van der Waals surface area contributed by atoms with E-state index in [-0.39, 0.29) is 10.7 Å². The van der Waals surface area contributed by atoms with Gasteiger partial charge in [0.05, 0.1) is 6.54 Å². The molecule has 0 atom stereocenters. The normalized spacial score (nSPS) is 12.0. The van der Waals surface area contributed by atoms with Crippen molar-refractivity contribution < 1.29 is 4.79 Å². The lowest BCUT2D eigenvalue weighted by Crippen LogP contribution is -2.42. The number of nitrogens with one attached hydrogen (secondary N) is 3. The van der Waals surface area contributed by atoms with Gasteiger partial charge in [0.1, 0.15) is 0 Å². The summed E-state index contributed by atoms with van der Waals surface area (Å²) in [6, 6.07) is 7.34. The molecule has 1 amide bonds. The lowest BCUT2D eigenvalue weighted by atomic mass is 10.2. The standard InChI is InChI=1S/C17H27BrN4OS/c1-5-19-16(22-12-17(2,3)24-4)21-10-9-20-15(23)13-7-6-8-14(18)11-13/h6-8,11H,5,9-10,12H2,1-4H3,(H,20,23)(H2,19,21,22). The highest BCUT2D eigenvalue weighted by Gasteiger charge is 2.15. The third-order valence-corrected chi connectivity index (χ3v) is 5.03. The van der Waals surface area contributed by atoms with E-state index in [9.17, 15) is 4.79 Å². The monoisotopic (exact) mass is 414 g/mol. The van der Waals surface area contributed by atoms with Gasteiger partial charge in [0.2, 0.25) is 0 Å². The Kier molecular flexibility index (Phi) is 9.21. The van der Waals surface area contributed by atoms with E-state index in [1.807, 2.05) is 19.1 Å². The summed E-state index contributed by atoms with van der Waals surface area (Å²) in [7, 11) is 0. The molecule has 0 fully saturated rings. The summed E-state index contributed by atoms with van der Waals surface area (Å²) < 4.78 is 1.00. The largest absolute Gasteiger partial charge is 0.357 e. The second-order valence-electron chi connectivity index (χ2n) is 5.85. The van der Waals surface area contributed by atoms with E-state index in [4.69, 9.17) is 0 Å². The molecule has 0 bridgehead atoms. The second kappa shape index (κ2) is 10.6. The maximum atomic E-state index is 12.1. The fourth-order valence-corrected chi connectivity index (χ4v) is 2.36. The van der Waals surface area contributed by atoms with E-state index in [1.54, 1.807) is 23.9 Å². The van der Waals surface area contributed by atoms with Crippen LogP contribution in [0.2, 0.25) is 0 Å². The van der Waals surface area contributed by atoms with Crippen molar-refractivity contribution in [1.82, 2.24) is 16.0 Å². The van der Waals surface area contributed by atoms with Crippen LogP contribution in [0, 0.1) is 0 Å². The molecule has 1 aromatic carbocycles. The molecule has 3 N–H and O–H groups in total. The van der Waals surface area contributed by atoms with E-state index in [0.717, 1.165) is 23.5 Å². The first kappa shape index (κ1) is 20.8. The maximum Gasteiger partial charge on any atom is 0.251 e. The number of hydrogen-bond acceptors (Lipinski definition) is 3. The average Bonchev–Trinajstić information content (AvgIpc) is 2.56. The van der Waals surface area contributed by atoms with Gasteiger partial charge < -0.3 is 16.0 Å². The highest BCUT2D eigenvalue weighted by Crippen LogP contribution is 2.20. The van der Waals surface area contributed by atoms with Crippen molar-refractivity contribution >= 4 is 39.6 Å². The van der Waals surface area contributed by atoms with Gasteiger partial charge in [0, 0.05) is 34.4 Å². The number of guanidine groups is 1. The van der Waals surface area contributed by atoms with Gasteiger partial charge in [-0.15, -0.1) is 0 Å². The lowest BCUT2D eigenvalue weighted by Gasteiger charge is -2.20. The molecule has 1 aromatic rings. The minimum absolute atomic E-state index is 0.0800. The fraction of sp³-hybridized carbons (Fsp3) is 0.529. The smallest absolute Gasteiger partial charge is 0.251 e. The Hall–Kier alpha value is -1.21. The first-order chi connectivity index (χ1) is 11.4. The van der Waals surface area contributed by atoms with Gasteiger partial charge in [-0.1, -0.05) is 22.0 Å².